The minimum Gasteiger partial charge on any atom is -0.444 e. The second-order valence-corrected chi connectivity index (χ2v) is 31.9. The molecule has 0 unspecified atom stereocenters. The number of H-pyrrole nitrogens is 2. The van der Waals surface area contributed by atoms with Crippen molar-refractivity contribution in [2.24, 2.45) is 5.73 Å². The lowest BCUT2D eigenvalue weighted by molar-refractivity contribution is 0.0195. The first kappa shape index (κ1) is 90.9. The van der Waals surface area contributed by atoms with E-state index in [4.69, 9.17) is 45.3 Å². The second kappa shape index (κ2) is 41.5. The van der Waals surface area contributed by atoms with Gasteiger partial charge < -0.3 is 64.8 Å². The van der Waals surface area contributed by atoms with Crippen LogP contribution in [0.4, 0.5) is 24.0 Å². The number of ether oxygens (including phenoxy) is 7. The summed E-state index contributed by atoms with van der Waals surface area (Å²) in [7, 11) is 0. The highest BCUT2D eigenvalue weighted by Gasteiger charge is 2.24. The van der Waals surface area contributed by atoms with Crippen molar-refractivity contribution < 1.29 is 57.1 Å². The second-order valence-electron chi connectivity index (χ2n) is 30.0. The molecule has 0 bridgehead atoms. The van der Waals surface area contributed by atoms with Gasteiger partial charge in [-0.05, 0) is 213 Å². The van der Waals surface area contributed by atoms with Crippen LogP contribution in [0, 0.1) is 36.0 Å². The minimum absolute atomic E-state index is 0. The van der Waals surface area contributed by atoms with Crippen LogP contribution in [0.1, 0.15) is 154 Å². The Morgan fingerprint density at radius 2 is 0.737 bits per heavy atom. The van der Waals surface area contributed by atoms with E-state index in [0.717, 1.165) is 53.5 Å². The number of hydrogen-bond donors (Lipinski definition) is 6. The molecule has 7 aromatic carbocycles. The van der Waals surface area contributed by atoms with Crippen LogP contribution in [-0.2, 0) is 49.9 Å². The molecule has 0 aliphatic heterocycles. The molecule has 25 heteroatoms. The number of terminal acetylenes is 1. The van der Waals surface area contributed by atoms with Crippen molar-refractivity contribution >= 4 is 118 Å². The maximum absolute atomic E-state index is 12.4. The van der Waals surface area contributed by atoms with Gasteiger partial charge in [0.2, 0.25) is 0 Å². The van der Waals surface area contributed by atoms with Crippen LogP contribution in [0.3, 0.4) is 0 Å². The SMILES string of the molecule is C#Cc1ccccc1.CC(C)(C)OC(=O)NCc1cc(=O)c2cc(Br)ccc2[nH]1.CC(C)(C)OC(=O)NCc1cc(OC(=O)OC(C)(C)C)c2cc(Br)ccc2n1.CC(C)(C)OC(=O)NCc1cc(OC(=O)OC(C)(C)C)c2cc(C#Cc3ccccc3)ccc2n1.Cl.NCc1cc(=O)c2cc(C#Cc3ccccc3)ccc2[nH]1. The molecule has 0 saturated carbocycles. The van der Waals surface area contributed by atoms with E-state index >= 15 is 0 Å². The van der Waals surface area contributed by atoms with Gasteiger partial charge in [0.15, 0.2) is 10.9 Å². The molecular formula is C89H93Br2ClN8O14. The van der Waals surface area contributed by atoms with E-state index in [1.54, 1.807) is 140 Å². The molecule has 4 heterocycles. The van der Waals surface area contributed by atoms with E-state index < -0.39 is 58.6 Å². The maximum atomic E-state index is 12.4. The van der Waals surface area contributed by atoms with Crippen LogP contribution in [0.25, 0.3) is 43.6 Å². The van der Waals surface area contributed by atoms with E-state index in [1.807, 2.05) is 140 Å². The Labute approximate surface area is 686 Å². The van der Waals surface area contributed by atoms with Gasteiger partial charge in [0.1, 0.15) is 39.5 Å². The Morgan fingerprint density at radius 3 is 1.15 bits per heavy atom. The zero-order chi connectivity index (χ0) is 82.8. The molecule has 0 aliphatic carbocycles. The third kappa shape index (κ3) is 32.4. The lowest BCUT2D eigenvalue weighted by Crippen LogP contribution is -2.32. The number of aromatic amines is 2. The molecule has 0 atom stereocenters. The molecule has 0 saturated heterocycles. The summed E-state index contributed by atoms with van der Waals surface area (Å²) in [4.78, 5) is 99.6. The van der Waals surface area contributed by atoms with Crippen LogP contribution in [0.2, 0.25) is 0 Å². The van der Waals surface area contributed by atoms with Gasteiger partial charge in [-0.3, -0.25) is 19.6 Å². The van der Waals surface area contributed by atoms with Crippen molar-refractivity contribution in [3.63, 3.8) is 0 Å². The summed E-state index contributed by atoms with van der Waals surface area (Å²) in [5.41, 5.74) is 11.7. The van der Waals surface area contributed by atoms with Crippen molar-refractivity contribution in [3.05, 3.63) is 268 Å². The molecule has 11 rings (SSSR count). The Balaban J connectivity index is 0.000000232. The van der Waals surface area contributed by atoms with Crippen molar-refractivity contribution in [1.29, 1.82) is 0 Å². The molecule has 0 fully saturated rings. The first-order chi connectivity index (χ1) is 53.1. The predicted molar refractivity (Wildman–Crippen MR) is 455 cm³/mol. The molecule has 7 N–H and O–H groups in total. The molecule has 594 valence electrons. The van der Waals surface area contributed by atoms with Crippen molar-refractivity contribution in [3.8, 4) is 47.5 Å². The zero-order valence-corrected chi connectivity index (χ0v) is 70.1. The Kier molecular flexibility index (Phi) is 33.1. The number of nitrogens with one attached hydrogen (secondary N) is 5. The van der Waals surface area contributed by atoms with Gasteiger partial charge in [0, 0.05) is 112 Å². The van der Waals surface area contributed by atoms with Crippen LogP contribution >= 0.6 is 44.3 Å². The fourth-order valence-corrected chi connectivity index (χ4v) is 10.5. The number of carbonyl (C=O) groups excluding carboxylic acids is 5. The average Bonchev–Trinajstić information content (AvgIpc) is 0.809. The highest BCUT2D eigenvalue weighted by atomic mass is 79.9. The van der Waals surface area contributed by atoms with E-state index in [2.05, 4.69) is 97.3 Å². The maximum Gasteiger partial charge on any atom is 0.514 e. The number of benzene rings is 7. The lowest BCUT2D eigenvalue weighted by atomic mass is 10.1. The lowest BCUT2D eigenvalue weighted by Gasteiger charge is -2.20. The summed E-state index contributed by atoms with van der Waals surface area (Å²) in [5.74, 6) is 15.5. The molecule has 0 spiro atoms. The van der Waals surface area contributed by atoms with Crippen LogP contribution in [0.5, 0.6) is 11.5 Å². The molecule has 0 aliphatic rings. The molecule has 11 aromatic rings. The first-order valence-electron chi connectivity index (χ1n) is 35.7. The Morgan fingerprint density at radius 1 is 0.404 bits per heavy atom. The van der Waals surface area contributed by atoms with Gasteiger partial charge in [-0.25, -0.2) is 24.0 Å². The largest absolute Gasteiger partial charge is 0.514 e. The normalized spacial score (nSPS) is 10.9. The van der Waals surface area contributed by atoms with Gasteiger partial charge >= 0.3 is 30.6 Å². The average molecular weight is 1690 g/mol. The molecule has 114 heavy (non-hydrogen) atoms. The number of aromatic nitrogens is 4. The summed E-state index contributed by atoms with van der Waals surface area (Å²) in [6, 6.07) is 57.1. The Bertz CT molecular complexity index is 5500. The van der Waals surface area contributed by atoms with E-state index in [9.17, 15) is 33.6 Å². The summed E-state index contributed by atoms with van der Waals surface area (Å²) >= 11 is 6.74. The molecule has 4 aromatic heterocycles. The number of rotatable bonds is 9. The molecule has 22 nitrogen and oxygen atoms in total. The standard InChI is InChI=1S/C28H30N2O5.C20H25BrN2O5.C18H14N2O.C15H17BrN2O3.C8H6.ClH/c1-27(2,3)34-25(31)29-18-21-17-24(33-26(32)35-28(4,5)6)22-16-20(14-15-23(22)30-21)13-12-19-10-8-7-9-11-19;1-19(2,3)27-17(24)22-11-13-10-16(26-18(25)28-20(4,5)6)14-9-12(21)7-8-15(14)23-13;19-12-15-11-18(21)16-10-14(8-9-17(16)20-15)7-6-13-4-2-1-3-5-13;1-15(2,3)21-14(20)17-8-10-7-13(19)11-6-9(16)4-5-12(11)18-10;1-2-8-6-4-3-5-7-8;/h7-11,14-17H,18H2,1-6H3,(H,29,31);7-10H,11H2,1-6H3,(H,22,24);1-5,8-11H,12,19H2,(H,20,21);4-7H,8H2,1-3H3,(H,17,20)(H,18,19);1,3-7H;1H. The molecular weight excluding hydrogens is 1600 g/mol. The molecule has 0 radical (unpaired) electrons. The number of fused-ring (bicyclic) bond motifs is 4. The molecule has 3 amide bonds. The highest BCUT2D eigenvalue weighted by molar-refractivity contribution is 9.10. The van der Waals surface area contributed by atoms with Gasteiger partial charge in [-0.1, -0.05) is 116 Å². The van der Waals surface area contributed by atoms with Crippen LogP contribution < -0.4 is 42.0 Å². The quantitative estimate of drug-likeness (QED) is 0.0444. The number of hydrogen-bond acceptors (Lipinski definition) is 17. The number of amides is 3. The monoisotopic (exact) mass is 1690 g/mol. The number of alkyl carbamates (subject to hydrolysis) is 3. The summed E-state index contributed by atoms with van der Waals surface area (Å²) in [6.07, 6.45) is 1.81. The van der Waals surface area contributed by atoms with Gasteiger partial charge in [-0.15, -0.1) is 18.8 Å². The minimum atomic E-state index is -0.836. The van der Waals surface area contributed by atoms with Crippen molar-refractivity contribution in [2.75, 3.05) is 0 Å². The number of pyridine rings is 4. The predicted octanol–water partition coefficient (Wildman–Crippen LogP) is 19.1. The summed E-state index contributed by atoms with van der Waals surface area (Å²) < 4.78 is 38.8. The van der Waals surface area contributed by atoms with E-state index in [1.165, 1.54) is 12.1 Å². The number of halogens is 3. The number of nitrogens with zero attached hydrogens (tertiary/aromatic N) is 2. The topological polar surface area (TPSA) is 304 Å². The summed E-state index contributed by atoms with van der Waals surface area (Å²) in [6.45, 7) is 27.3. The summed E-state index contributed by atoms with van der Waals surface area (Å²) in [5, 5.41) is 10.4. The van der Waals surface area contributed by atoms with Crippen molar-refractivity contribution in [2.45, 2.75) is 158 Å². The first-order valence-corrected chi connectivity index (χ1v) is 37.3. The van der Waals surface area contributed by atoms with E-state index in [-0.39, 0.29) is 48.6 Å². The van der Waals surface area contributed by atoms with Crippen LogP contribution in [-0.4, -0.2) is 78.5 Å². The van der Waals surface area contributed by atoms with Gasteiger partial charge in [-0.2, -0.15) is 0 Å². The number of carbonyl (C=O) groups is 5. The Hall–Kier alpha value is -12.0. The van der Waals surface area contributed by atoms with Gasteiger partial charge in [0.25, 0.3) is 0 Å². The highest BCUT2D eigenvalue weighted by Crippen LogP contribution is 2.31. The third-order valence-electron chi connectivity index (χ3n) is 14.4. The van der Waals surface area contributed by atoms with E-state index in [0.29, 0.717) is 62.0 Å². The third-order valence-corrected chi connectivity index (χ3v) is 15.4. The zero-order valence-electron chi connectivity index (χ0n) is 66.2. The van der Waals surface area contributed by atoms with Gasteiger partial charge in [0.05, 0.1) is 42.1 Å². The number of nitrogens with two attached hydrogens (primary N) is 1. The smallest absolute Gasteiger partial charge is 0.444 e. The fraction of sp³-hybridized carbons (Fsp3) is 0.270. The van der Waals surface area contributed by atoms with Crippen molar-refractivity contribution in [1.82, 2.24) is 35.9 Å². The fourth-order valence-electron chi connectivity index (χ4n) is 9.78. The van der Waals surface area contributed by atoms with Crippen LogP contribution in [0.15, 0.2) is 207 Å².